The Bertz CT molecular complexity index is 1170. The molecule has 1 amide bonds. The lowest BCUT2D eigenvalue weighted by Crippen LogP contribution is -2.23. The SMILES string of the molecule is CCOC(=O)Cn1c(=NC(=O)c2cccc(Cl)c2)sc2cc(C(=O)OC)ccc21. The molecule has 0 aliphatic heterocycles. The van der Waals surface area contributed by atoms with Crippen LogP contribution in [-0.2, 0) is 20.8 Å². The number of aromatic nitrogens is 1. The summed E-state index contributed by atoms with van der Waals surface area (Å²) in [4.78, 5) is 41.0. The fourth-order valence-electron chi connectivity index (χ4n) is 2.66. The predicted octanol–water partition coefficient (Wildman–Crippen LogP) is 3.45. The molecule has 1 heterocycles. The van der Waals surface area contributed by atoms with Crippen LogP contribution in [0.25, 0.3) is 10.2 Å². The van der Waals surface area contributed by atoms with Gasteiger partial charge in [-0.2, -0.15) is 4.99 Å². The first-order chi connectivity index (χ1) is 13.9. The Hall–Kier alpha value is -2.97. The highest BCUT2D eigenvalue weighted by Gasteiger charge is 2.15. The number of carbonyl (C=O) groups is 3. The number of ether oxygens (including phenoxy) is 2. The Morgan fingerprint density at radius 1 is 1.14 bits per heavy atom. The van der Waals surface area contributed by atoms with Gasteiger partial charge in [0.05, 0.1) is 29.5 Å². The largest absolute Gasteiger partial charge is 0.465 e. The van der Waals surface area contributed by atoms with Crippen LogP contribution in [0.3, 0.4) is 0 Å². The lowest BCUT2D eigenvalue weighted by molar-refractivity contribution is -0.143. The molecule has 0 fully saturated rings. The van der Waals surface area contributed by atoms with Crippen LogP contribution in [-0.4, -0.2) is 36.1 Å². The summed E-state index contributed by atoms with van der Waals surface area (Å²) in [6, 6.07) is 11.3. The molecule has 0 saturated heterocycles. The van der Waals surface area contributed by atoms with Gasteiger partial charge < -0.3 is 14.0 Å². The second-order valence-electron chi connectivity index (χ2n) is 5.88. The second kappa shape index (κ2) is 9.02. The Kier molecular flexibility index (Phi) is 6.46. The molecule has 3 rings (SSSR count). The zero-order chi connectivity index (χ0) is 21.0. The van der Waals surface area contributed by atoms with Gasteiger partial charge in [-0.1, -0.05) is 29.0 Å². The van der Waals surface area contributed by atoms with E-state index in [2.05, 4.69) is 4.99 Å². The van der Waals surface area contributed by atoms with E-state index < -0.39 is 17.8 Å². The van der Waals surface area contributed by atoms with Crippen molar-refractivity contribution in [2.45, 2.75) is 13.5 Å². The van der Waals surface area contributed by atoms with Crippen LogP contribution in [0, 0.1) is 0 Å². The first-order valence-electron chi connectivity index (χ1n) is 8.65. The van der Waals surface area contributed by atoms with Crippen molar-refractivity contribution >= 4 is 51.0 Å². The molecule has 0 saturated carbocycles. The van der Waals surface area contributed by atoms with Crippen LogP contribution < -0.4 is 4.80 Å². The summed E-state index contributed by atoms with van der Waals surface area (Å²) in [5.74, 6) is -1.43. The zero-order valence-electron chi connectivity index (χ0n) is 15.7. The Morgan fingerprint density at radius 2 is 1.93 bits per heavy atom. The van der Waals surface area contributed by atoms with Crippen molar-refractivity contribution in [1.82, 2.24) is 4.57 Å². The standard InChI is InChI=1S/C20H17ClN2O5S/c1-3-28-17(24)11-23-15-8-7-13(19(26)27-2)10-16(15)29-20(23)22-18(25)12-5-4-6-14(21)9-12/h4-10H,3,11H2,1-2H3. The van der Waals surface area contributed by atoms with Gasteiger partial charge in [-0.3, -0.25) is 9.59 Å². The summed E-state index contributed by atoms with van der Waals surface area (Å²) in [5, 5.41) is 0.421. The molecule has 0 radical (unpaired) electrons. The minimum Gasteiger partial charge on any atom is -0.465 e. The highest BCUT2D eigenvalue weighted by molar-refractivity contribution is 7.16. The summed E-state index contributed by atoms with van der Waals surface area (Å²) in [6.07, 6.45) is 0. The van der Waals surface area contributed by atoms with Gasteiger partial charge in [-0.25, -0.2) is 4.79 Å². The molecule has 150 valence electrons. The molecule has 7 nitrogen and oxygen atoms in total. The monoisotopic (exact) mass is 432 g/mol. The van der Waals surface area contributed by atoms with E-state index >= 15 is 0 Å². The van der Waals surface area contributed by atoms with Crippen LogP contribution in [0.2, 0.25) is 5.02 Å². The van der Waals surface area contributed by atoms with E-state index in [9.17, 15) is 14.4 Å². The number of benzene rings is 2. The van der Waals surface area contributed by atoms with Crippen LogP contribution in [0.5, 0.6) is 0 Å². The molecule has 0 aliphatic rings. The van der Waals surface area contributed by atoms with Gasteiger partial charge in [-0.15, -0.1) is 0 Å². The van der Waals surface area contributed by atoms with Gasteiger partial charge in [0.15, 0.2) is 4.80 Å². The number of hydrogen-bond acceptors (Lipinski definition) is 6. The molecular formula is C20H17ClN2O5S. The van der Waals surface area contributed by atoms with E-state index in [1.807, 2.05) is 0 Å². The number of esters is 2. The average molecular weight is 433 g/mol. The number of fused-ring (bicyclic) bond motifs is 1. The Morgan fingerprint density at radius 3 is 2.62 bits per heavy atom. The number of halogens is 1. The molecule has 0 unspecified atom stereocenters. The van der Waals surface area contributed by atoms with Gasteiger partial charge in [0.1, 0.15) is 6.54 Å². The molecule has 1 aromatic heterocycles. The van der Waals surface area contributed by atoms with Crippen molar-refractivity contribution in [3.63, 3.8) is 0 Å². The van der Waals surface area contributed by atoms with Crippen LogP contribution >= 0.6 is 22.9 Å². The Balaban J connectivity index is 2.13. The summed E-state index contributed by atoms with van der Waals surface area (Å²) in [6.45, 7) is 1.83. The lowest BCUT2D eigenvalue weighted by atomic mass is 10.2. The number of carbonyl (C=O) groups excluding carboxylic acids is 3. The number of amides is 1. The molecule has 29 heavy (non-hydrogen) atoms. The van der Waals surface area contributed by atoms with Crippen molar-refractivity contribution in [3.8, 4) is 0 Å². The van der Waals surface area contributed by atoms with Gasteiger partial charge in [0.2, 0.25) is 0 Å². The van der Waals surface area contributed by atoms with Crippen molar-refractivity contribution in [1.29, 1.82) is 0 Å². The molecule has 0 N–H and O–H groups in total. The summed E-state index contributed by atoms with van der Waals surface area (Å²) < 4.78 is 12.0. The topological polar surface area (TPSA) is 87.0 Å². The van der Waals surface area contributed by atoms with Crippen LogP contribution in [0.1, 0.15) is 27.6 Å². The number of thiazole rings is 1. The molecule has 0 spiro atoms. The van der Waals surface area contributed by atoms with Crippen molar-refractivity contribution in [3.05, 3.63) is 63.4 Å². The maximum Gasteiger partial charge on any atom is 0.337 e. The zero-order valence-corrected chi connectivity index (χ0v) is 17.2. The van der Waals surface area contributed by atoms with Crippen molar-refractivity contribution in [2.75, 3.05) is 13.7 Å². The maximum atomic E-state index is 12.6. The molecule has 0 aliphatic carbocycles. The van der Waals surface area contributed by atoms with Gasteiger partial charge in [0, 0.05) is 10.6 Å². The van der Waals surface area contributed by atoms with Gasteiger partial charge >= 0.3 is 11.9 Å². The van der Waals surface area contributed by atoms with E-state index in [0.717, 1.165) is 0 Å². The van der Waals surface area contributed by atoms with Crippen LogP contribution in [0.15, 0.2) is 47.5 Å². The molecule has 9 heteroatoms. The quantitative estimate of drug-likeness (QED) is 0.576. The third kappa shape index (κ3) is 4.72. The van der Waals surface area contributed by atoms with E-state index in [1.165, 1.54) is 24.5 Å². The van der Waals surface area contributed by atoms with Crippen molar-refractivity contribution < 1.29 is 23.9 Å². The van der Waals surface area contributed by atoms with E-state index in [4.69, 9.17) is 21.1 Å². The molecule has 3 aromatic rings. The van der Waals surface area contributed by atoms with Gasteiger partial charge in [0.25, 0.3) is 5.91 Å². The fourth-order valence-corrected chi connectivity index (χ4v) is 3.92. The number of rotatable bonds is 5. The normalized spacial score (nSPS) is 11.5. The molecular weight excluding hydrogens is 416 g/mol. The highest BCUT2D eigenvalue weighted by atomic mass is 35.5. The molecule has 0 atom stereocenters. The fraction of sp³-hybridized carbons (Fsp3) is 0.200. The average Bonchev–Trinajstić information content (AvgIpc) is 3.03. The van der Waals surface area contributed by atoms with Gasteiger partial charge in [-0.05, 0) is 43.3 Å². The number of nitrogens with zero attached hydrogens (tertiary/aromatic N) is 2. The van der Waals surface area contributed by atoms with E-state index in [1.54, 1.807) is 47.9 Å². The van der Waals surface area contributed by atoms with Crippen molar-refractivity contribution in [2.24, 2.45) is 4.99 Å². The maximum absolute atomic E-state index is 12.6. The van der Waals surface area contributed by atoms with Crippen LogP contribution in [0.4, 0.5) is 0 Å². The Labute approximate surface area is 175 Å². The third-order valence-corrected chi connectivity index (χ3v) is 5.24. The minimum atomic E-state index is -0.496. The summed E-state index contributed by atoms with van der Waals surface area (Å²) in [5.41, 5.74) is 1.33. The summed E-state index contributed by atoms with van der Waals surface area (Å²) in [7, 11) is 1.30. The highest BCUT2D eigenvalue weighted by Crippen LogP contribution is 2.20. The third-order valence-electron chi connectivity index (χ3n) is 3.97. The smallest absolute Gasteiger partial charge is 0.337 e. The lowest BCUT2D eigenvalue weighted by Gasteiger charge is -2.05. The predicted molar refractivity (Wildman–Crippen MR) is 109 cm³/mol. The first kappa shape index (κ1) is 20.8. The van der Waals surface area contributed by atoms with E-state index in [0.29, 0.717) is 31.2 Å². The second-order valence-corrected chi connectivity index (χ2v) is 7.32. The minimum absolute atomic E-state index is 0.118. The first-order valence-corrected chi connectivity index (χ1v) is 9.84. The van der Waals surface area contributed by atoms with E-state index in [-0.39, 0.29) is 13.2 Å². The molecule has 2 aromatic carbocycles. The molecule has 0 bridgehead atoms. The number of hydrogen-bond donors (Lipinski definition) is 0. The summed E-state index contributed by atoms with van der Waals surface area (Å²) >= 11 is 7.13. The number of methoxy groups -OCH3 is 1.